The first-order valence-corrected chi connectivity index (χ1v) is 7.59. The summed E-state index contributed by atoms with van der Waals surface area (Å²) in [5, 5.41) is 0. The van der Waals surface area contributed by atoms with Crippen LogP contribution in [-0.2, 0) is 26.8 Å². The van der Waals surface area contributed by atoms with Gasteiger partial charge in [0.2, 0.25) is 0 Å². The summed E-state index contributed by atoms with van der Waals surface area (Å²) in [6, 6.07) is 0. The van der Waals surface area contributed by atoms with Crippen LogP contribution in [0.2, 0.25) is 0 Å². The van der Waals surface area contributed by atoms with Crippen LogP contribution in [0.15, 0.2) is 0 Å². The minimum Gasteiger partial charge on any atom is -0.358 e. The van der Waals surface area contributed by atoms with Crippen LogP contribution in [0.1, 0.15) is 71.6 Å². The Morgan fingerprint density at radius 2 is 1.40 bits per heavy atom. The van der Waals surface area contributed by atoms with E-state index in [2.05, 4.69) is 6.92 Å². The van der Waals surface area contributed by atoms with Crippen molar-refractivity contribution in [3.8, 4) is 0 Å². The monoisotopic (exact) mass is 328 g/mol. The molecule has 2 atom stereocenters. The average molecular weight is 328 g/mol. The van der Waals surface area contributed by atoms with Crippen LogP contribution in [0, 0.1) is 26.7 Å². The van der Waals surface area contributed by atoms with Crippen LogP contribution < -0.4 is 0 Å². The van der Waals surface area contributed by atoms with Gasteiger partial charge in [-0.05, 0) is 25.2 Å². The van der Waals surface area contributed by atoms with Gasteiger partial charge in [0.1, 0.15) is 0 Å². The van der Waals surface area contributed by atoms with Crippen LogP contribution >= 0.6 is 0 Å². The van der Waals surface area contributed by atoms with E-state index in [0.717, 1.165) is 18.4 Å². The van der Waals surface area contributed by atoms with Gasteiger partial charge in [0, 0.05) is 0 Å². The van der Waals surface area contributed by atoms with Crippen molar-refractivity contribution in [3.05, 3.63) is 14.9 Å². The predicted octanol–water partition coefficient (Wildman–Crippen LogP) is 5.63. The fourth-order valence-electron chi connectivity index (χ4n) is 2.88. The topological polar surface area (TPSA) is 18.5 Å². The summed E-state index contributed by atoms with van der Waals surface area (Å²) in [6.07, 6.45) is 12.9. The Bertz CT molecular complexity index is 165. The fraction of sp³-hybridized carbons (Fsp3) is 0.882. The van der Waals surface area contributed by atoms with Crippen LogP contribution in [0.3, 0.4) is 0 Å². The summed E-state index contributed by atoms with van der Waals surface area (Å²) < 4.78 is 0. The van der Waals surface area contributed by atoms with E-state index in [9.17, 15) is 0 Å². The van der Waals surface area contributed by atoms with E-state index in [1.165, 1.54) is 57.8 Å². The van der Waals surface area contributed by atoms with Crippen molar-refractivity contribution in [2.45, 2.75) is 71.6 Å². The smallest absolute Gasteiger partial charge is 0.358 e. The molecule has 124 valence electrons. The van der Waals surface area contributed by atoms with Crippen LogP contribution in [0.5, 0.6) is 0 Å². The Morgan fingerprint density at radius 3 is 1.80 bits per heavy atom. The van der Waals surface area contributed by atoms with E-state index in [-0.39, 0.29) is 31.9 Å². The predicted molar refractivity (Wildman–Crippen MR) is 84.6 cm³/mol. The van der Waals surface area contributed by atoms with E-state index in [0.29, 0.717) is 6.61 Å². The molecule has 0 N–H and O–H groups in total. The molecule has 2 aliphatic rings. The van der Waals surface area contributed by atoms with E-state index in [4.69, 9.17) is 9.78 Å². The minimum atomic E-state index is 0. The van der Waals surface area contributed by atoms with Gasteiger partial charge in [-0.15, -0.1) is 0 Å². The molecule has 2 unspecified atom stereocenters. The van der Waals surface area contributed by atoms with Gasteiger partial charge in [0.05, 0.1) is 13.2 Å². The third kappa shape index (κ3) is 12.2. The molecular formula is C17H36FeO2. The maximum absolute atomic E-state index is 4.99. The van der Waals surface area contributed by atoms with Gasteiger partial charge >= 0.3 is 17.1 Å². The zero-order valence-corrected chi connectivity index (χ0v) is 15.2. The zero-order valence-electron chi connectivity index (χ0n) is 14.1. The average Bonchev–Trinajstić information content (AvgIpc) is 2.99. The third-order valence-corrected chi connectivity index (χ3v) is 4.06. The van der Waals surface area contributed by atoms with E-state index in [1.807, 2.05) is 6.92 Å². The molecule has 0 heterocycles. The molecule has 0 aromatic rings. The van der Waals surface area contributed by atoms with Gasteiger partial charge in [-0.2, -0.15) is 0 Å². The van der Waals surface area contributed by atoms with Gasteiger partial charge in [-0.3, -0.25) is 0 Å². The number of hydrogen-bond donors (Lipinski definition) is 0. The van der Waals surface area contributed by atoms with Gasteiger partial charge in [-0.1, -0.05) is 58.3 Å². The first kappa shape index (κ1) is 25.4. The maximum atomic E-state index is 4.99. The van der Waals surface area contributed by atoms with Crippen molar-refractivity contribution >= 4 is 0 Å². The van der Waals surface area contributed by atoms with Crippen molar-refractivity contribution < 1.29 is 26.8 Å². The second-order valence-corrected chi connectivity index (χ2v) is 5.45. The quantitative estimate of drug-likeness (QED) is 0.214. The summed E-state index contributed by atoms with van der Waals surface area (Å²) in [4.78, 5) is 9.82. The molecule has 0 bridgehead atoms. The first-order chi connectivity index (χ1) is 8.34. The summed E-state index contributed by atoms with van der Waals surface area (Å²) in [5.41, 5.74) is 0. The third-order valence-electron chi connectivity index (χ3n) is 4.06. The number of rotatable bonds is 5. The second kappa shape index (κ2) is 17.5. The SMILES string of the molecule is C1CCCC1.CCOOCCC1CCCC1C.[CH3-].[CH3-].[Fe+2]. The molecule has 2 aliphatic carbocycles. The zero-order chi connectivity index (χ0) is 12.3. The number of hydrogen-bond acceptors (Lipinski definition) is 2. The van der Waals surface area contributed by atoms with Crippen molar-refractivity contribution in [2.24, 2.45) is 11.8 Å². The molecular weight excluding hydrogens is 292 g/mol. The minimum absolute atomic E-state index is 0. The van der Waals surface area contributed by atoms with E-state index < -0.39 is 0 Å². The second-order valence-electron chi connectivity index (χ2n) is 5.45. The molecule has 20 heavy (non-hydrogen) atoms. The van der Waals surface area contributed by atoms with Crippen molar-refractivity contribution in [1.82, 2.24) is 0 Å². The normalized spacial score (nSPS) is 23.7. The Balaban J connectivity index is -0.000000312. The molecule has 3 heteroatoms. The largest absolute Gasteiger partial charge is 2.00 e. The maximum Gasteiger partial charge on any atom is 2.00 e. The summed E-state index contributed by atoms with van der Waals surface area (Å²) in [7, 11) is 0. The van der Waals surface area contributed by atoms with Crippen molar-refractivity contribution in [2.75, 3.05) is 13.2 Å². The van der Waals surface area contributed by atoms with E-state index >= 15 is 0 Å². The first-order valence-electron chi connectivity index (χ1n) is 7.59. The Hall–Kier alpha value is 0.439. The van der Waals surface area contributed by atoms with Gasteiger partial charge in [0.15, 0.2) is 0 Å². The molecule has 2 fully saturated rings. The molecule has 2 nitrogen and oxygen atoms in total. The summed E-state index contributed by atoms with van der Waals surface area (Å²) in [6.45, 7) is 5.71. The molecule has 2 saturated carbocycles. The standard InChI is InChI=1S/C10H20O2.C5H10.2CH3.Fe/c1-3-11-12-8-7-10-6-4-5-9(10)2;1-2-4-5-3-1;;;/h9-10H,3-8H2,1-2H3;1-5H2;2*1H3;/q;;2*-1;+2. The molecule has 2 rings (SSSR count). The fourth-order valence-corrected chi connectivity index (χ4v) is 2.88. The molecule has 0 aromatic heterocycles. The Labute approximate surface area is 138 Å². The Kier molecular flexibility index (Phi) is 22.2. The molecule has 0 saturated heterocycles. The van der Waals surface area contributed by atoms with Crippen molar-refractivity contribution in [3.63, 3.8) is 0 Å². The summed E-state index contributed by atoms with van der Waals surface area (Å²) in [5.74, 6) is 1.78. The van der Waals surface area contributed by atoms with Gasteiger partial charge < -0.3 is 14.9 Å². The van der Waals surface area contributed by atoms with Crippen LogP contribution in [0.4, 0.5) is 0 Å². The molecule has 0 aromatic carbocycles. The van der Waals surface area contributed by atoms with Crippen LogP contribution in [0.25, 0.3) is 0 Å². The molecule has 0 spiro atoms. The van der Waals surface area contributed by atoms with Crippen LogP contribution in [-0.4, -0.2) is 13.2 Å². The molecule has 0 aliphatic heterocycles. The van der Waals surface area contributed by atoms with Gasteiger partial charge in [0.25, 0.3) is 0 Å². The van der Waals surface area contributed by atoms with Crippen molar-refractivity contribution in [1.29, 1.82) is 0 Å². The Morgan fingerprint density at radius 1 is 0.850 bits per heavy atom. The van der Waals surface area contributed by atoms with E-state index in [1.54, 1.807) is 0 Å². The molecule has 0 amide bonds. The van der Waals surface area contributed by atoms with Gasteiger partial charge in [-0.25, -0.2) is 9.78 Å². The molecule has 0 radical (unpaired) electrons. The summed E-state index contributed by atoms with van der Waals surface area (Å²) >= 11 is 0.